The number of nitrogens with zero attached hydrogens (tertiary/aromatic N) is 2. The number of methoxy groups -OCH3 is 1. The van der Waals surface area contributed by atoms with Gasteiger partial charge in [0.1, 0.15) is 5.57 Å². The van der Waals surface area contributed by atoms with Crippen LogP contribution >= 0.6 is 15.9 Å². The number of halogens is 1. The number of anilines is 1. The fraction of sp³-hybridized carbons (Fsp3) is 0.154. The zero-order valence-corrected chi connectivity index (χ0v) is 19.9. The number of Topliss-reactive ketones (excluding diaryl/α,β-unsaturated/α-hetero) is 1. The molecule has 0 fully saturated rings. The first-order chi connectivity index (χ1) is 15.3. The Kier molecular flexibility index (Phi) is 5.89. The molecule has 0 atom stereocenters. The summed E-state index contributed by atoms with van der Waals surface area (Å²) in [6.45, 7) is 5.82. The Balaban J connectivity index is 1.86. The van der Waals surface area contributed by atoms with Gasteiger partial charge in [0.25, 0.3) is 0 Å². The molecular weight excluding hydrogens is 468 g/mol. The summed E-state index contributed by atoms with van der Waals surface area (Å²) in [5, 5.41) is 0. The van der Waals surface area contributed by atoms with E-state index in [0.29, 0.717) is 11.4 Å². The molecule has 2 aromatic carbocycles. The number of hydrogen-bond acceptors (Lipinski definition) is 4. The van der Waals surface area contributed by atoms with Crippen LogP contribution in [-0.2, 0) is 14.3 Å². The zero-order valence-electron chi connectivity index (χ0n) is 18.3. The normalized spacial score (nSPS) is 15.1. The monoisotopic (exact) mass is 490 g/mol. The summed E-state index contributed by atoms with van der Waals surface area (Å²) in [7, 11) is 1.29. The number of esters is 1. The Morgan fingerprint density at radius 2 is 1.62 bits per heavy atom. The first-order valence-corrected chi connectivity index (χ1v) is 11.0. The average Bonchev–Trinajstić information content (AvgIpc) is 3.20. The van der Waals surface area contributed by atoms with E-state index in [-0.39, 0.29) is 11.4 Å². The molecule has 6 heteroatoms. The van der Waals surface area contributed by atoms with Crippen molar-refractivity contribution in [2.45, 2.75) is 20.8 Å². The van der Waals surface area contributed by atoms with Gasteiger partial charge >= 0.3 is 5.97 Å². The highest BCUT2D eigenvalue weighted by molar-refractivity contribution is 9.10. The van der Waals surface area contributed by atoms with Gasteiger partial charge < -0.3 is 14.2 Å². The number of rotatable bonds is 4. The van der Waals surface area contributed by atoms with Gasteiger partial charge in [-0.05, 0) is 74.9 Å². The van der Waals surface area contributed by atoms with Gasteiger partial charge in [-0.15, -0.1) is 0 Å². The van der Waals surface area contributed by atoms with Crippen molar-refractivity contribution in [1.29, 1.82) is 0 Å². The topological polar surface area (TPSA) is 51.5 Å². The predicted molar refractivity (Wildman–Crippen MR) is 130 cm³/mol. The Morgan fingerprint density at radius 3 is 2.25 bits per heavy atom. The van der Waals surface area contributed by atoms with Crippen LogP contribution in [0.5, 0.6) is 0 Å². The van der Waals surface area contributed by atoms with E-state index in [9.17, 15) is 9.59 Å². The number of para-hydroxylation sites is 1. The number of benzene rings is 2. The third-order valence-electron chi connectivity index (χ3n) is 5.65. The Hall–Kier alpha value is -3.38. The highest BCUT2D eigenvalue weighted by Crippen LogP contribution is 2.36. The maximum atomic E-state index is 13.3. The number of ether oxygens (including phenoxy) is 1. The maximum absolute atomic E-state index is 13.3. The lowest BCUT2D eigenvalue weighted by Gasteiger charge is -2.21. The second-order valence-corrected chi connectivity index (χ2v) is 8.54. The van der Waals surface area contributed by atoms with E-state index < -0.39 is 5.97 Å². The van der Waals surface area contributed by atoms with Gasteiger partial charge in [-0.2, -0.15) is 0 Å². The van der Waals surface area contributed by atoms with Crippen molar-refractivity contribution >= 4 is 39.4 Å². The number of carbonyl (C=O) groups is 2. The van der Waals surface area contributed by atoms with Crippen molar-refractivity contribution < 1.29 is 14.3 Å². The van der Waals surface area contributed by atoms with Gasteiger partial charge in [0.15, 0.2) is 0 Å². The summed E-state index contributed by atoms with van der Waals surface area (Å²) in [4.78, 5) is 27.5. The molecule has 0 spiro atoms. The second kappa shape index (κ2) is 8.63. The lowest BCUT2D eigenvalue weighted by molar-refractivity contribution is -0.137. The largest absolute Gasteiger partial charge is 0.465 e. The minimum Gasteiger partial charge on any atom is -0.465 e. The van der Waals surface area contributed by atoms with E-state index in [4.69, 9.17) is 4.74 Å². The quantitative estimate of drug-likeness (QED) is 0.266. The smallest absolute Gasteiger partial charge is 0.343 e. The molecule has 1 aliphatic heterocycles. The van der Waals surface area contributed by atoms with Crippen LogP contribution in [0.3, 0.4) is 0 Å². The van der Waals surface area contributed by atoms with E-state index in [1.807, 2.05) is 85.5 Å². The Labute approximate surface area is 195 Å². The summed E-state index contributed by atoms with van der Waals surface area (Å²) >= 11 is 3.48. The summed E-state index contributed by atoms with van der Waals surface area (Å²) in [5.41, 5.74) is 5.85. The highest BCUT2D eigenvalue weighted by atomic mass is 79.9. The summed E-state index contributed by atoms with van der Waals surface area (Å²) < 4.78 is 8.05. The minimum atomic E-state index is -0.628. The molecular formula is C26H23BrN2O3. The van der Waals surface area contributed by atoms with Crippen LogP contribution in [0, 0.1) is 13.8 Å². The molecule has 32 heavy (non-hydrogen) atoms. The van der Waals surface area contributed by atoms with Crippen LogP contribution in [0.2, 0.25) is 0 Å². The molecule has 4 rings (SSSR count). The van der Waals surface area contributed by atoms with Crippen LogP contribution in [0.25, 0.3) is 11.8 Å². The van der Waals surface area contributed by atoms with Crippen molar-refractivity contribution in [3.05, 3.63) is 99.1 Å². The molecule has 0 N–H and O–H groups in total. The molecule has 0 bridgehead atoms. The number of ketones is 1. The number of carbonyl (C=O) groups excluding carboxylic acids is 2. The molecule has 3 aromatic rings. The fourth-order valence-corrected chi connectivity index (χ4v) is 4.40. The van der Waals surface area contributed by atoms with Crippen LogP contribution in [0.4, 0.5) is 5.69 Å². The van der Waals surface area contributed by atoms with Gasteiger partial charge in [0.2, 0.25) is 5.78 Å². The van der Waals surface area contributed by atoms with Crippen molar-refractivity contribution in [2.24, 2.45) is 0 Å². The van der Waals surface area contributed by atoms with E-state index >= 15 is 0 Å². The number of hydrogen-bond donors (Lipinski definition) is 0. The number of aryl methyl sites for hydroxylation is 1. The lowest BCUT2D eigenvalue weighted by atomic mass is 10.1. The molecule has 0 saturated heterocycles. The van der Waals surface area contributed by atoms with E-state index in [1.54, 1.807) is 6.92 Å². The first-order valence-electron chi connectivity index (χ1n) is 10.2. The molecule has 1 aromatic heterocycles. The van der Waals surface area contributed by atoms with E-state index in [2.05, 4.69) is 20.5 Å². The summed E-state index contributed by atoms with van der Waals surface area (Å²) in [6.07, 6.45) is 1.85. The van der Waals surface area contributed by atoms with Crippen molar-refractivity contribution in [3.8, 4) is 5.69 Å². The predicted octanol–water partition coefficient (Wildman–Crippen LogP) is 5.73. The van der Waals surface area contributed by atoms with Crippen LogP contribution in [0.1, 0.15) is 23.9 Å². The molecule has 1 aliphatic rings. The fourth-order valence-electron chi connectivity index (χ4n) is 4.14. The molecule has 0 radical (unpaired) electrons. The van der Waals surface area contributed by atoms with Crippen LogP contribution in [0.15, 0.2) is 82.1 Å². The Morgan fingerprint density at radius 1 is 0.969 bits per heavy atom. The number of allylic oxidation sites excluding steroid dienone is 2. The van der Waals surface area contributed by atoms with Gasteiger partial charge in [-0.3, -0.25) is 4.79 Å². The second-order valence-electron chi connectivity index (χ2n) is 7.62. The van der Waals surface area contributed by atoms with Crippen LogP contribution in [-0.4, -0.2) is 23.4 Å². The maximum Gasteiger partial charge on any atom is 0.343 e. The van der Waals surface area contributed by atoms with E-state index in [0.717, 1.165) is 32.8 Å². The van der Waals surface area contributed by atoms with Crippen molar-refractivity contribution in [3.63, 3.8) is 0 Å². The summed E-state index contributed by atoms with van der Waals surface area (Å²) in [5.74, 6) is -0.969. The van der Waals surface area contributed by atoms with Crippen molar-refractivity contribution in [1.82, 2.24) is 4.57 Å². The molecule has 0 unspecified atom stereocenters. The Bertz CT molecular complexity index is 1270. The zero-order chi connectivity index (χ0) is 23.0. The third-order valence-corrected chi connectivity index (χ3v) is 6.18. The molecule has 2 heterocycles. The molecule has 0 amide bonds. The summed E-state index contributed by atoms with van der Waals surface area (Å²) in [6, 6.07) is 19.7. The molecule has 5 nitrogen and oxygen atoms in total. The third kappa shape index (κ3) is 3.71. The van der Waals surface area contributed by atoms with Gasteiger partial charge in [-0.1, -0.05) is 34.1 Å². The lowest BCUT2D eigenvalue weighted by Crippen LogP contribution is -2.18. The van der Waals surface area contributed by atoms with E-state index in [1.165, 1.54) is 7.11 Å². The molecule has 162 valence electrons. The minimum absolute atomic E-state index is 0.0596. The number of aromatic nitrogens is 1. The highest BCUT2D eigenvalue weighted by Gasteiger charge is 2.38. The van der Waals surface area contributed by atoms with Gasteiger partial charge in [-0.25, -0.2) is 4.79 Å². The van der Waals surface area contributed by atoms with Gasteiger partial charge in [0.05, 0.1) is 12.8 Å². The van der Waals surface area contributed by atoms with Gasteiger partial charge in [0, 0.05) is 32.9 Å². The molecule has 0 aliphatic carbocycles. The SMILES string of the molecule is COC(=O)C1=C(C)N(c2ccccc2)/C(=C\c2cc(C)n(-c3ccc(Br)cc3)c2C)C1=O. The van der Waals surface area contributed by atoms with Crippen molar-refractivity contribution in [2.75, 3.05) is 12.0 Å². The standard InChI is InChI=1S/C26H23BrN2O3/c1-16-14-19(17(2)28(16)22-12-10-20(27)11-13-22)15-23-25(30)24(26(31)32-4)18(3)29(23)21-8-6-5-7-9-21/h5-15H,1-4H3/b23-15-. The first kappa shape index (κ1) is 21.8. The molecule has 0 saturated carbocycles. The van der Waals surface area contributed by atoms with Crippen LogP contribution < -0.4 is 4.90 Å². The average molecular weight is 491 g/mol.